The summed E-state index contributed by atoms with van der Waals surface area (Å²) in [6.07, 6.45) is 13.9. The maximum absolute atomic E-state index is 2.26. The molecule has 0 aromatic rings. The second-order valence-corrected chi connectivity index (χ2v) is 3.40. The second kappa shape index (κ2) is 4.97. The summed E-state index contributed by atoms with van der Waals surface area (Å²) in [6, 6.07) is 0. The van der Waals surface area contributed by atoms with E-state index >= 15 is 0 Å². The minimum atomic E-state index is 1.28. The number of allylic oxidation sites excluding steroid dienone is 6. The fourth-order valence-corrected chi connectivity index (χ4v) is 1.59. The van der Waals surface area contributed by atoms with Gasteiger partial charge in [-0.05, 0) is 45.1 Å². The van der Waals surface area contributed by atoms with Crippen LogP contribution >= 0.6 is 0 Å². The van der Waals surface area contributed by atoms with Crippen molar-refractivity contribution in [3.63, 3.8) is 0 Å². The Labute approximate surface area is 75.7 Å². The first-order chi connectivity index (χ1) is 5.84. The van der Waals surface area contributed by atoms with Gasteiger partial charge in [0.25, 0.3) is 0 Å². The lowest BCUT2D eigenvalue weighted by Gasteiger charge is -2.13. The molecular weight excluding hydrogens is 144 g/mol. The summed E-state index contributed by atoms with van der Waals surface area (Å²) in [5, 5.41) is 0. The molecule has 0 aromatic carbocycles. The summed E-state index contributed by atoms with van der Waals surface area (Å²) in [5.74, 6) is 0. The second-order valence-electron chi connectivity index (χ2n) is 3.40. The highest BCUT2D eigenvalue weighted by Gasteiger charge is 2.05. The Bertz CT molecular complexity index is 216. The van der Waals surface area contributed by atoms with Crippen LogP contribution in [0.5, 0.6) is 0 Å². The van der Waals surface area contributed by atoms with Crippen molar-refractivity contribution in [1.82, 2.24) is 0 Å². The lowest BCUT2D eigenvalue weighted by molar-refractivity contribution is 0.683. The van der Waals surface area contributed by atoms with E-state index in [1.807, 2.05) is 6.92 Å². The molecule has 0 heterocycles. The predicted molar refractivity (Wildman–Crippen MR) is 55.1 cm³/mol. The zero-order valence-electron chi connectivity index (χ0n) is 8.14. The molecule has 0 spiro atoms. The highest BCUT2D eigenvalue weighted by Crippen LogP contribution is 2.24. The lowest BCUT2D eigenvalue weighted by Crippen LogP contribution is -1.94. The quantitative estimate of drug-likeness (QED) is 0.538. The average Bonchev–Trinajstić information content (AvgIpc) is 2.09. The Morgan fingerprint density at radius 1 is 1.08 bits per heavy atom. The summed E-state index contributed by atoms with van der Waals surface area (Å²) in [6.45, 7) is 4.31. The molecule has 0 saturated carbocycles. The standard InChI is InChI=1S/C12H18/c1-3-4-5-9-12-10-7-6-8-11(12)2/h3-5,9H,6-8,10H2,1-2H3/b4-3-,9-5-. The summed E-state index contributed by atoms with van der Waals surface area (Å²) in [7, 11) is 0. The van der Waals surface area contributed by atoms with Crippen molar-refractivity contribution in [3.8, 4) is 0 Å². The predicted octanol–water partition coefficient (Wildman–Crippen LogP) is 4.01. The Morgan fingerprint density at radius 3 is 2.50 bits per heavy atom. The van der Waals surface area contributed by atoms with E-state index in [9.17, 15) is 0 Å². The van der Waals surface area contributed by atoms with Crippen LogP contribution in [0.3, 0.4) is 0 Å². The van der Waals surface area contributed by atoms with Crippen LogP contribution in [-0.4, -0.2) is 0 Å². The first-order valence-corrected chi connectivity index (χ1v) is 4.82. The Kier molecular flexibility index (Phi) is 3.86. The fourth-order valence-electron chi connectivity index (χ4n) is 1.59. The van der Waals surface area contributed by atoms with E-state index in [1.54, 1.807) is 11.1 Å². The molecule has 0 heteroatoms. The van der Waals surface area contributed by atoms with Crippen molar-refractivity contribution < 1.29 is 0 Å². The van der Waals surface area contributed by atoms with Gasteiger partial charge < -0.3 is 0 Å². The number of hydrogen-bond acceptors (Lipinski definition) is 0. The summed E-state index contributed by atoms with van der Waals surface area (Å²) < 4.78 is 0. The molecule has 1 aliphatic rings. The number of hydrogen-bond donors (Lipinski definition) is 0. The van der Waals surface area contributed by atoms with Crippen molar-refractivity contribution in [1.29, 1.82) is 0 Å². The third kappa shape index (κ3) is 2.69. The summed E-state index contributed by atoms with van der Waals surface area (Å²) in [5.41, 5.74) is 3.14. The third-order valence-electron chi connectivity index (χ3n) is 2.40. The molecule has 0 N–H and O–H groups in total. The van der Waals surface area contributed by atoms with Gasteiger partial charge >= 0.3 is 0 Å². The van der Waals surface area contributed by atoms with Crippen molar-refractivity contribution in [2.45, 2.75) is 39.5 Å². The van der Waals surface area contributed by atoms with Crippen LogP contribution in [0, 0.1) is 0 Å². The SMILES string of the molecule is C/C=C\C=C/C1=C(C)CCCC1. The van der Waals surface area contributed by atoms with Crippen LogP contribution in [0.4, 0.5) is 0 Å². The molecule has 1 rings (SSSR count). The summed E-state index contributed by atoms with van der Waals surface area (Å²) in [4.78, 5) is 0. The number of rotatable bonds is 2. The van der Waals surface area contributed by atoms with Crippen LogP contribution < -0.4 is 0 Å². The fraction of sp³-hybridized carbons (Fsp3) is 0.500. The van der Waals surface area contributed by atoms with Crippen LogP contribution in [0.15, 0.2) is 35.5 Å². The van der Waals surface area contributed by atoms with Gasteiger partial charge in [0, 0.05) is 0 Å². The molecule has 0 bridgehead atoms. The van der Waals surface area contributed by atoms with Crippen molar-refractivity contribution in [2.24, 2.45) is 0 Å². The highest BCUT2D eigenvalue weighted by molar-refractivity contribution is 5.28. The Morgan fingerprint density at radius 2 is 1.83 bits per heavy atom. The van der Waals surface area contributed by atoms with E-state index in [1.165, 1.54) is 25.7 Å². The first-order valence-electron chi connectivity index (χ1n) is 4.82. The Balaban J connectivity index is 2.59. The topological polar surface area (TPSA) is 0 Å². The van der Waals surface area contributed by atoms with Crippen LogP contribution in [0.2, 0.25) is 0 Å². The van der Waals surface area contributed by atoms with Gasteiger partial charge in [-0.2, -0.15) is 0 Å². The van der Waals surface area contributed by atoms with Gasteiger partial charge in [0.2, 0.25) is 0 Å². The molecule has 0 amide bonds. The van der Waals surface area contributed by atoms with E-state index in [4.69, 9.17) is 0 Å². The third-order valence-corrected chi connectivity index (χ3v) is 2.40. The van der Waals surface area contributed by atoms with Gasteiger partial charge in [-0.25, -0.2) is 0 Å². The smallest absolute Gasteiger partial charge is 0.0279 e. The largest absolute Gasteiger partial charge is 0.0877 e. The van der Waals surface area contributed by atoms with E-state index in [2.05, 4.69) is 31.2 Å². The van der Waals surface area contributed by atoms with Crippen LogP contribution in [-0.2, 0) is 0 Å². The molecule has 0 aromatic heterocycles. The molecule has 1 aliphatic carbocycles. The highest BCUT2D eigenvalue weighted by atomic mass is 14.1. The molecule has 0 fully saturated rings. The van der Waals surface area contributed by atoms with Gasteiger partial charge in [0.1, 0.15) is 0 Å². The van der Waals surface area contributed by atoms with Crippen LogP contribution in [0.25, 0.3) is 0 Å². The minimum absolute atomic E-state index is 1.28. The zero-order valence-corrected chi connectivity index (χ0v) is 8.14. The van der Waals surface area contributed by atoms with Gasteiger partial charge in [-0.3, -0.25) is 0 Å². The van der Waals surface area contributed by atoms with Gasteiger partial charge in [-0.15, -0.1) is 0 Å². The maximum Gasteiger partial charge on any atom is -0.0279 e. The van der Waals surface area contributed by atoms with Crippen molar-refractivity contribution in [3.05, 3.63) is 35.5 Å². The van der Waals surface area contributed by atoms with Crippen LogP contribution in [0.1, 0.15) is 39.5 Å². The molecule has 0 unspecified atom stereocenters. The average molecular weight is 162 g/mol. The molecule has 66 valence electrons. The Hall–Kier alpha value is -0.780. The van der Waals surface area contributed by atoms with E-state index < -0.39 is 0 Å². The van der Waals surface area contributed by atoms with E-state index in [0.29, 0.717) is 0 Å². The first kappa shape index (κ1) is 9.31. The summed E-state index contributed by atoms with van der Waals surface area (Å²) >= 11 is 0. The van der Waals surface area contributed by atoms with E-state index in [0.717, 1.165) is 0 Å². The monoisotopic (exact) mass is 162 g/mol. The molecule has 0 aliphatic heterocycles. The van der Waals surface area contributed by atoms with Gasteiger partial charge in [0.05, 0.1) is 0 Å². The van der Waals surface area contributed by atoms with Gasteiger partial charge in [0.15, 0.2) is 0 Å². The van der Waals surface area contributed by atoms with Crippen molar-refractivity contribution in [2.75, 3.05) is 0 Å². The van der Waals surface area contributed by atoms with Gasteiger partial charge in [-0.1, -0.05) is 29.9 Å². The van der Waals surface area contributed by atoms with E-state index in [-0.39, 0.29) is 0 Å². The molecule has 0 saturated heterocycles. The lowest BCUT2D eigenvalue weighted by atomic mass is 9.92. The molecule has 12 heavy (non-hydrogen) atoms. The zero-order chi connectivity index (χ0) is 8.81. The molecule has 0 atom stereocenters. The molecular formula is C12H18. The minimum Gasteiger partial charge on any atom is -0.0877 e. The normalized spacial score (nSPS) is 19.8. The molecule has 0 radical (unpaired) electrons. The van der Waals surface area contributed by atoms with Crippen molar-refractivity contribution >= 4 is 0 Å². The maximum atomic E-state index is 2.26. The molecule has 0 nitrogen and oxygen atoms in total.